The number of hydrogen-bond donors (Lipinski definition) is 0. The first kappa shape index (κ1) is 20.6. The summed E-state index contributed by atoms with van der Waals surface area (Å²) < 4.78 is 0. The topological polar surface area (TPSA) is 39.7 Å². The molecule has 0 saturated carbocycles. The number of carbonyl (C=O) groups is 1. The molecule has 0 aliphatic carbocycles. The van der Waals surface area contributed by atoms with Gasteiger partial charge < -0.3 is 9.80 Å². The number of rotatable bonds is 5. The number of aromatic nitrogens is 1. The second-order valence-electron chi connectivity index (χ2n) is 8.28. The van der Waals surface area contributed by atoms with E-state index in [2.05, 4.69) is 51.2 Å². The largest absolute Gasteiger partial charge is 0.372 e. The van der Waals surface area contributed by atoms with Crippen LogP contribution in [-0.4, -0.2) is 60.0 Å². The molecule has 5 nitrogen and oxygen atoms in total. The Morgan fingerprint density at radius 3 is 2.17 bits per heavy atom. The quantitative estimate of drug-likeness (QED) is 0.711. The van der Waals surface area contributed by atoms with Crippen molar-refractivity contribution in [2.45, 2.75) is 32.2 Å². The van der Waals surface area contributed by atoms with E-state index in [0.29, 0.717) is 0 Å². The third-order valence-corrected chi connectivity index (χ3v) is 6.12. The first-order chi connectivity index (χ1) is 14.8. The predicted octanol–water partition coefficient (Wildman–Crippen LogP) is 3.82. The molecule has 3 heterocycles. The Bertz CT molecular complexity index is 818. The van der Waals surface area contributed by atoms with Gasteiger partial charge in [0, 0.05) is 70.0 Å². The van der Waals surface area contributed by atoms with Crippen LogP contribution in [0.25, 0.3) is 6.08 Å². The van der Waals surface area contributed by atoms with Crippen LogP contribution in [0.1, 0.15) is 36.8 Å². The Morgan fingerprint density at radius 1 is 0.833 bits per heavy atom. The van der Waals surface area contributed by atoms with Gasteiger partial charge in [-0.05, 0) is 54.3 Å². The molecule has 2 aliphatic rings. The van der Waals surface area contributed by atoms with Crippen LogP contribution in [0, 0.1) is 0 Å². The molecule has 0 unspecified atom stereocenters. The first-order valence-electron chi connectivity index (χ1n) is 11.2. The molecule has 158 valence electrons. The normalized spacial score (nSPS) is 18.5. The summed E-state index contributed by atoms with van der Waals surface area (Å²) in [5.74, 6) is 0.107. The molecule has 0 radical (unpaired) electrons. The fourth-order valence-electron chi connectivity index (χ4n) is 4.27. The molecule has 0 atom stereocenters. The van der Waals surface area contributed by atoms with E-state index >= 15 is 0 Å². The first-order valence-corrected chi connectivity index (χ1v) is 11.2. The van der Waals surface area contributed by atoms with E-state index in [-0.39, 0.29) is 5.91 Å². The standard InChI is InChI=1S/C25H32N4O/c30-25(29-19-17-27(18-20-29)21-23-11-13-26-14-12-23)10-7-22-5-8-24(9-6-22)28-15-3-1-2-4-16-28/h5-14H,1-4,15-21H2/b10-7+. The van der Waals surface area contributed by atoms with Crippen molar-refractivity contribution in [2.24, 2.45) is 0 Å². The molecule has 0 N–H and O–H groups in total. The number of anilines is 1. The van der Waals surface area contributed by atoms with Gasteiger partial charge in [0.1, 0.15) is 0 Å². The van der Waals surface area contributed by atoms with Crippen molar-refractivity contribution in [1.29, 1.82) is 0 Å². The average Bonchev–Trinajstić information content (AvgIpc) is 3.09. The Hall–Kier alpha value is -2.66. The molecule has 30 heavy (non-hydrogen) atoms. The molecule has 2 saturated heterocycles. The molecule has 2 aromatic rings. The van der Waals surface area contributed by atoms with Crippen LogP contribution in [0.3, 0.4) is 0 Å². The molecular weight excluding hydrogens is 372 g/mol. The molecule has 5 heteroatoms. The molecular formula is C25H32N4O. The van der Waals surface area contributed by atoms with Gasteiger partial charge in [-0.25, -0.2) is 0 Å². The highest BCUT2D eigenvalue weighted by molar-refractivity contribution is 5.91. The second-order valence-corrected chi connectivity index (χ2v) is 8.28. The third-order valence-electron chi connectivity index (χ3n) is 6.12. The summed E-state index contributed by atoms with van der Waals surface area (Å²) in [5.41, 5.74) is 3.65. The van der Waals surface area contributed by atoms with E-state index < -0.39 is 0 Å². The van der Waals surface area contributed by atoms with Gasteiger partial charge in [0.25, 0.3) is 0 Å². The Balaban J connectivity index is 1.25. The van der Waals surface area contributed by atoms with Crippen LogP contribution < -0.4 is 4.90 Å². The lowest BCUT2D eigenvalue weighted by Gasteiger charge is -2.34. The lowest BCUT2D eigenvalue weighted by Crippen LogP contribution is -2.47. The zero-order valence-electron chi connectivity index (χ0n) is 17.7. The van der Waals surface area contributed by atoms with Crippen molar-refractivity contribution in [3.8, 4) is 0 Å². The average molecular weight is 405 g/mol. The van der Waals surface area contributed by atoms with Gasteiger partial charge in [0.2, 0.25) is 5.91 Å². The highest BCUT2D eigenvalue weighted by Gasteiger charge is 2.19. The van der Waals surface area contributed by atoms with Crippen LogP contribution >= 0.6 is 0 Å². The number of carbonyl (C=O) groups excluding carboxylic acids is 1. The summed E-state index contributed by atoms with van der Waals surface area (Å²) in [5, 5.41) is 0. The summed E-state index contributed by atoms with van der Waals surface area (Å²) in [6.07, 6.45) is 12.6. The SMILES string of the molecule is O=C(/C=C/c1ccc(N2CCCCCC2)cc1)N1CCN(Cc2ccncc2)CC1. The minimum absolute atomic E-state index is 0.107. The smallest absolute Gasteiger partial charge is 0.246 e. The van der Waals surface area contributed by atoms with Crippen LogP contribution in [0.5, 0.6) is 0 Å². The number of nitrogens with zero attached hydrogens (tertiary/aromatic N) is 4. The molecule has 1 aromatic carbocycles. The van der Waals surface area contributed by atoms with Gasteiger partial charge in [0.15, 0.2) is 0 Å². The van der Waals surface area contributed by atoms with Crippen LogP contribution in [-0.2, 0) is 11.3 Å². The number of hydrogen-bond acceptors (Lipinski definition) is 4. The second kappa shape index (κ2) is 10.4. The van der Waals surface area contributed by atoms with Gasteiger partial charge in [-0.2, -0.15) is 0 Å². The summed E-state index contributed by atoms with van der Waals surface area (Å²) in [6, 6.07) is 12.7. The van der Waals surface area contributed by atoms with Crippen molar-refractivity contribution in [1.82, 2.24) is 14.8 Å². The van der Waals surface area contributed by atoms with Crippen LogP contribution in [0.15, 0.2) is 54.9 Å². The fourth-order valence-corrected chi connectivity index (χ4v) is 4.27. The van der Waals surface area contributed by atoms with E-state index in [1.54, 1.807) is 6.08 Å². The Kier molecular flexibility index (Phi) is 7.14. The number of amides is 1. The van der Waals surface area contributed by atoms with Crippen molar-refractivity contribution >= 4 is 17.7 Å². The Morgan fingerprint density at radius 2 is 1.50 bits per heavy atom. The molecule has 2 aliphatic heterocycles. The molecule has 1 amide bonds. The summed E-state index contributed by atoms with van der Waals surface area (Å²) in [6.45, 7) is 6.61. The van der Waals surface area contributed by atoms with Gasteiger partial charge >= 0.3 is 0 Å². The number of pyridine rings is 1. The number of benzene rings is 1. The van der Waals surface area contributed by atoms with Gasteiger partial charge in [-0.3, -0.25) is 14.7 Å². The molecule has 0 spiro atoms. The van der Waals surface area contributed by atoms with E-state index in [0.717, 1.165) is 51.4 Å². The maximum Gasteiger partial charge on any atom is 0.246 e. The maximum absolute atomic E-state index is 12.6. The number of piperazine rings is 1. The third kappa shape index (κ3) is 5.70. The highest BCUT2D eigenvalue weighted by Crippen LogP contribution is 2.20. The highest BCUT2D eigenvalue weighted by atomic mass is 16.2. The molecule has 2 fully saturated rings. The van der Waals surface area contributed by atoms with Crippen LogP contribution in [0.4, 0.5) is 5.69 Å². The van der Waals surface area contributed by atoms with Crippen molar-refractivity contribution < 1.29 is 4.79 Å². The minimum atomic E-state index is 0.107. The van der Waals surface area contributed by atoms with Gasteiger partial charge in [-0.1, -0.05) is 25.0 Å². The van der Waals surface area contributed by atoms with Crippen molar-refractivity contribution in [3.05, 3.63) is 66.0 Å². The van der Waals surface area contributed by atoms with Crippen molar-refractivity contribution in [2.75, 3.05) is 44.2 Å². The summed E-state index contributed by atoms with van der Waals surface area (Å²) in [4.78, 5) is 23.5. The molecule has 0 bridgehead atoms. The zero-order valence-corrected chi connectivity index (χ0v) is 17.7. The summed E-state index contributed by atoms with van der Waals surface area (Å²) >= 11 is 0. The van der Waals surface area contributed by atoms with Gasteiger partial charge in [0.05, 0.1) is 0 Å². The Labute approximate surface area is 180 Å². The predicted molar refractivity (Wildman–Crippen MR) is 122 cm³/mol. The lowest BCUT2D eigenvalue weighted by molar-refractivity contribution is -0.127. The van der Waals surface area contributed by atoms with Crippen LogP contribution in [0.2, 0.25) is 0 Å². The fraction of sp³-hybridized carbons (Fsp3) is 0.440. The van der Waals surface area contributed by atoms with E-state index in [9.17, 15) is 4.79 Å². The molecule has 4 rings (SSSR count). The summed E-state index contributed by atoms with van der Waals surface area (Å²) in [7, 11) is 0. The van der Waals surface area contributed by atoms with E-state index in [1.807, 2.05) is 23.4 Å². The monoisotopic (exact) mass is 404 g/mol. The van der Waals surface area contributed by atoms with Gasteiger partial charge in [-0.15, -0.1) is 0 Å². The minimum Gasteiger partial charge on any atom is -0.372 e. The van der Waals surface area contributed by atoms with E-state index in [1.165, 1.54) is 36.9 Å². The van der Waals surface area contributed by atoms with Crippen molar-refractivity contribution in [3.63, 3.8) is 0 Å². The zero-order chi connectivity index (χ0) is 20.6. The maximum atomic E-state index is 12.6. The van der Waals surface area contributed by atoms with E-state index in [4.69, 9.17) is 0 Å². The lowest BCUT2D eigenvalue weighted by atomic mass is 10.1. The molecule has 1 aromatic heterocycles.